The molecule has 0 atom stereocenters. The molecule has 0 aliphatic heterocycles. The van der Waals surface area contributed by atoms with Gasteiger partial charge in [0.2, 0.25) is 5.91 Å². The number of hydrogen-bond donors (Lipinski definition) is 2. The van der Waals surface area contributed by atoms with E-state index in [1.54, 1.807) is 0 Å². The Labute approximate surface area is 149 Å². The second-order valence-electron chi connectivity index (χ2n) is 5.89. The number of halogens is 3. The number of aromatic nitrogens is 3. The van der Waals surface area contributed by atoms with E-state index in [-0.39, 0.29) is 16.7 Å². The average molecular weight is 372 g/mol. The van der Waals surface area contributed by atoms with Gasteiger partial charge in [-0.15, -0.1) is 0 Å². The lowest BCUT2D eigenvalue weighted by Crippen LogP contribution is -2.28. The van der Waals surface area contributed by atoms with Crippen molar-refractivity contribution in [3.63, 3.8) is 0 Å². The van der Waals surface area contributed by atoms with E-state index in [4.69, 9.17) is 0 Å². The number of carbonyl (C=O) groups excluding carboxylic acids is 1. The third-order valence-electron chi connectivity index (χ3n) is 4.05. The Morgan fingerprint density at radius 2 is 1.85 bits per heavy atom. The molecular weight excluding hydrogens is 361 g/mol. The van der Waals surface area contributed by atoms with E-state index in [0.29, 0.717) is 17.0 Å². The van der Waals surface area contributed by atoms with E-state index < -0.39 is 35.5 Å². The number of rotatable bonds is 3. The van der Waals surface area contributed by atoms with Crippen LogP contribution in [-0.4, -0.2) is 20.4 Å². The van der Waals surface area contributed by atoms with Crippen LogP contribution >= 0.6 is 0 Å². The van der Waals surface area contributed by atoms with Gasteiger partial charge < -0.3 is 10.3 Å². The average Bonchev–Trinajstić information content (AvgIpc) is 2.98. The number of hydrogen-bond acceptors (Lipinski definition) is 3. The molecule has 0 bridgehead atoms. The molecule has 0 radical (unpaired) electrons. The lowest BCUT2D eigenvalue weighted by atomic mass is 10.2. The fourth-order valence-corrected chi connectivity index (χ4v) is 2.81. The van der Waals surface area contributed by atoms with Crippen molar-refractivity contribution < 1.29 is 18.0 Å². The van der Waals surface area contributed by atoms with Crippen molar-refractivity contribution in [1.82, 2.24) is 14.5 Å². The molecule has 0 aliphatic rings. The van der Waals surface area contributed by atoms with Crippen molar-refractivity contribution in [2.75, 3.05) is 5.32 Å². The Balaban J connectivity index is 1.65. The highest BCUT2D eigenvalue weighted by Crippen LogP contribution is 2.22. The summed E-state index contributed by atoms with van der Waals surface area (Å²) in [6.45, 7) is -0.428. The topological polar surface area (TPSA) is 79.8 Å². The molecule has 4 rings (SSSR count). The smallest absolute Gasteiger partial charge is 0.278 e. The summed E-state index contributed by atoms with van der Waals surface area (Å²) < 4.78 is 41.0. The minimum atomic E-state index is -0.929. The Hall–Kier alpha value is -3.62. The Morgan fingerprint density at radius 1 is 1.11 bits per heavy atom. The van der Waals surface area contributed by atoms with Gasteiger partial charge in [-0.1, -0.05) is 0 Å². The van der Waals surface area contributed by atoms with Crippen LogP contribution in [-0.2, 0) is 11.3 Å². The molecule has 0 aliphatic carbocycles. The van der Waals surface area contributed by atoms with Crippen molar-refractivity contribution in [2.45, 2.75) is 6.54 Å². The van der Waals surface area contributed by atoms with E-state index in [1.807, 2.05) is 0 Å². The van der Waals surface area contributed by atoms with E-state index >= 15 is 0 Å². The minimum Gasteiger partial charge on any atom is -0.349 e. The lowest BCUT2D eigenvalue weighted by molar-refractivity contribution is -0.116. The number of carbonyl (C=O) groups is 1. The number of H-pyrrole nitrogens is 1. The molecule has 9 heteroatoms. The van der Waals surface area contributed by atoms with Gasteiger partial charge in [-0.3, -0.25) is 14.2 Å². The van der Waals surface area contributed by atoms with E-state index in [1.165, 1.54) is 18.2 Å². The first-order valence-electron chi connectivity index (χ1n) is 7.83. The van der Waals surface area contributed by atoms with Crippen molar-refractivity contribution in [3.8, 4) is 0 Å². The molecule has 0 saturated heterocycles. The first-order valence-corrected chi connectivity index (χ1v) is 7.83. The molecule has 2 heterocycles. The van der Waals surface area contributed by atoms with Gasteiger partial charge in [0.1, 0.15) is 35.0 Å². The van der Waals surface area contributed by atoms with Gasteiger partial charge in [-0.2, -0.15) is 0 Å². The lowest BCUT2D eigenvalue weighted by Gasteiger charge is -2.08. The quantitative estimate of drug-likeness (QED) is 0.580. The number of benzene rings is 2. The van der Waals surface area contributed by atoms with Crippen LogP contribution in [0.25, 0.3) is 21.9 Å². The third kappa shape index (κ3) is 3.03. The molecule has 2 aromatic heterocycles. The van der Waals surface area contributed by atoms with Crippen LogP contribution in [0, 0.1) is 17.5 Å². The molecule has 4 aromatic rings. The normalized spacial score (nSPS) is 11.2. The van der Waals surface area contributed by atoms with Crippen LogP contribution < -0.4 is 10.9 Å². The van der Waals surface area contributed by atoms with Crippen molar-refractivity contribution in [1.29, 1.82) is 0 Å². The van der Waals surface area contributed by atoms with Gasteiger partial charge in [0.25, 0.3) is 5.56 Å². The molecule has 0 unspecified atom stereocenters. The molecular formula is C18H11F3N4O2. The van der Waals surface area contributed by atoms with Crippen LogP contribution in [0.5, 0.6) is 0 Å². The molecule has 0 spiro atoms. The third-order valence-corrected chi connectivity index (χ3v) is 4.05. The highest BCUT2D eigenvalue weighted by Gasteiger charge is 2.14. The van der Waals surface area contributed by atoms with Crippen molar-refractivity contribution in [2.24, 2.45) is 0 Å². The molecule has 2 N–H and O–H groups in total. The Morgan fingerprint density at radius 3 is 2.63 bits per heavy atom. The minimum absolute atomic E-state index is 0.124. The van der Waals surface area contributed by atoms with Gasteiger partial charge in [-0.25, -0.2) is 18.2 Å². The SMILES string of the molecule is O=C(Cn1cnc2c([nH]c3ccc(F)cc32)c1=O)Nc1ccc(F)cc1F. The molecule has 136 valence electrons. The molecule has 2 aromatic carbocycles. The van der Waals surface area contributed by atoms with Crippen LogP contribution in [0.3, 0.4) is 0 Å². The summed E-state index contributed by atoms with van der Waals surface area (Å²) in [6.07, 6.45) is 1.16. The highest BCUT2D eigenvalue weighted by atomic mass is 19.1. The maximum absolute atomic E-state index is 13.6. The standard InChI is InChI=1S/C18H11F3N4O2/c19-9-1-3-13-11(5-9)16-17(24-13)18(27)25(8-22-16)7-15(26)23-14-4-2-10(20)6-12(14)21/h1-6,8,24H,7H2,(H,23,26). The zero-order chi connectivity index (χ0) is 19.1. The number of nitrogens with zero attached hydrogens (tertiary/aromatic N) is 2. The largest absolute Gasteiger partial charge is 0.349 e. The molecule has 0 fully saturated rings. The first kappa shape index (κ1) is 16.8. The summed E-state index contributed by atoms with van der Waals surface area (Å²) >= 11 is 0. The number of anilines is 1. The number of aromatic amines is 1. The maximum atomic E-state index is 13.6. The first-order chi connectivity index (χ1) is 12.9. The molecule has 27 heavy (non-hydrogen) atoms. The zero-order valence-corrected chi connectivity index (χ0v) is 13.6. The van der Waals surface area contributed by atoms with Gasteiger partial charge >= 0.3 is 0 Å². The van der Waals surface area contributed by atoms with Crippen molar-refractivity contribution in [3.05, 3.63) is 70.5 Å². The zero-order valence-electron chi connectivity index (χ0n) is 13.6. The summed E-state index contributed by atoms with van der Waals surface area (Å²) in [5.74, 6) is -2.85. The summed E-state index contributed by atoms with van der Waals surface area (Å²) in [7, 11) is 0. The number of nitrogens with one attached hydrogen (secondary N) is 2. The van der Waals surface area contributed by atoms with Crippen LogP contribution in [0.4, 0.5) is 18.9 Å². The number of amides is 1. The second-order valence-corrected chi connectivity index (χ2v) is 5.89. The van der Waals surface area contributed by atoms with E-state index in [0.717, 1.165) is 23.0 Å². The van der Waals surface area contributed by atoms with Gasteiger partial charge in [0.05, 0.1) is 12.0 Å². The monoisotopic (exact) mass is 372 g/mol. The Kier molecular flexibility index (Phi) is 3.91. The predicted octanol–water partition coefficient (Wildman–Crippen LogP) is 2.93. The maximum Gasteiger partial charge on any atom is 0.278 e. The molecule has 6 nitrogen and oxygen atoms in total. The molecule has 0 saturated carbocycles. The van der Waals surface area contributed by atoms with E-state index in [2.05, 4.69) is 15.3 Å². The predicted molar refractivity (Wildman–Crippen MR) is 92.8 cm³/mol. The molecule has 1 amide bonds. The summed E-state index contributed by atoms with van der Waals surface area (Å²) in [5, 5.41) is 2.72. The summed E-state index contributed by atoms with van der Waals surface area (Å²) in [6, 6.07) is 6.72. The van der Waals surface area contributed by atoms with Gasteiger partial charge in [0.15, 0.2) is 0 Å². The fraction of sp³-hybridized carbons (Fsp3) is 0.0556. The summed E-state index contributed by atoms with van der Waals surface area (Å²) in [5.41, 5.74) is 0.206. The Bertz CT molecular complexity index is 1260. The van der Waals surface area contributed by atoms with Gasteiger partial charge in [-0.05, 0) is 30.3 Å². The van der Waals surface area contributed by atoms with E-state index in [9.17, 15) is 22.8 Å². The second kappa shape index (κ2) is 6.27. The van der Waals surface area contributed by atoms with Crippen molar-refractivity contribution >= 4 is 33.5 Å². The fourth-order valence-electron chi connectivity index (χ4n) is 2.81. The summed E-state index contributed by atoms with van der Waals surface area (Å²) in [4.78, 5) is 31.7. The van der Waals surface area contributed by atoms with Crippen LogP contribution in [0.15, 0.2) is 47.5 Å². The van der Waals surface area contributed by atoms with Crippen LogP contribution in [0.1, 0.15) is 0 Å². The van der Waals surface area contributed by atoms with Crippen LogP contribution in [0.2, 0.25) is 0 Å². The number of fused-ring (bicyclic) bond motifs is 3. The highest BCUT2D eigenvalue weighted by molar-refractivity contribution is 6.04. The van der Waals surface area contributed by atoms with Gasteiger partial charge in [0, 0.05) is 17.0 Å².